The maximum absolute atomic E-state index is 11.4. The van der Waals surface area contributed by atoms with E-state index in [4.69, 9.17) is 15.1 Å². The number of carboxylic acid groups (broad SMARTS) is 1. The summed E-state index contributed by atoms with van der Waals surface area (Å²) < 4.78 is 1.86. The van der Waals surface area contributed by atoms with Crippen molar-refractivity contribution >= 4 is 28.4 Å². The van der Waals surface area contributed by atoms with Crippen LogP contribution in [0.15, 0.2) is 70.9 Å². The van der Waals surface area contributed by atoms with Gasteiger partial charge in [0, 0.05) is 52.8 Å². The summed E-state index contributed by atoms with van der Waals surface area (Å²) in [6, 6.07) is 10.4. The predicted octanol–water partition coefficient (Wildman–Crippen LogP) is 6.54. The highest BCUT2D eigenvalue weighted by Gasteiger charge is 2.29. The molecule has 0 aliphatic heterocycles. The van der Waals surface area contributed by atoms with Gasteiger partial charge in [-0.15, -0.1) is 0 Å². The minimum Gasteiger partial charge on any atom is -0.481 e. The SMILES string of the molecule is CN=C(N/C(=C(\C)C1CC1)c1cccc2nn(CC(O)C3=CCCC=C3)cc12)c1ccc(C2CCC(C(=O)O)CC2)nc1C. The molecule has 6 rings (SSSR count). The number of benzene rings is 1. The van der Waals surface area contributed by atoms with Gasteiger partial charge < -0.3 is 15.5 Å². The van der Waals surface area contributed by atoms with E-state index in [1.54, 1.807) is 7.05 Å². The van der Waals surface area contributed by atoms with Crippen LogP contribution in [0.1, 0.15) is 86.7 Å². The number of aliphatic imine (C=N–C) groups is 1. The van der Waals surface area contributed by atoms with Gasteiger partial charge in [-0.25, -0.2) is 0 Å². The van der Waals surface area contributed by atoms with E-state index in [0.717, 1.165) is 76.2 Å². The molecule has 0 saturated heterocycles. The van der Waals surface area contributed by atoms with Crippen LogP contribution in [0, 0.1) is 18.8 Å². The maximum Gasteiger partial charge on any atom is 0.306 e. The summed E-state index contributed by atoms with van der Waals surface area (Å²) in [5.74, 6) is 0.678. The number of nitrogens with zero attached hydrogens (tertiary/aromatic N) is 4. The quantitative estimate of drug-likeness (QED) is 0.192. The number of aryl methyl sites for hydroxylation is 1. The Kier molecular flexibility index (Phi) is 8.80. The molecular weight excluding hydrogens is 550 g/mol. The van der Waals surface area contributed by atoms with E-state index in [0.29, 0.717) is 31.2 Å². The van der Waals surface area contributed by atoms with Crippen molar-refractivity contribution in [3.8, 4) is 0 Å². The molecular formula is C36H43N5O3. The van der Waals surface area contributed by atoms with E-state index in [9.17, 15) is 15.0 Å². The number of amidine groups is 1. The lowest BCUT2D eigenvalue weighted by Crippen LogP contribution is -2.26. The lowest BCUT2D eigenvalue weighted by atomic mass is 9.80. The fraction of sp³-hybridized carbons (Fsp3) is 0.444. The van der Waals surface area contributed by atoms with Crippen LogP contribution < -0.4 is 5.32 Å². The van der Waals surface area contributed by atoms with Gasteiger partial charge in [0.05, 0.1) is 24.1 Å². The second kappa shape index (κ2) is 12.9. The summed E-state index contributed by atoms with van der Waals surface area (Å²) in [5, 5.41) is 29.9. The Labute approximate surface area is 259 Å². The van der Waals surface area contributed by atoms with Gasteiger partial charge in [-0.05, 0) is 100 Å². The third-order valence-corrected chi connectivity index (χ3v) is 9.54. The first-order valence-corrected chi connectivity index (χ1v) is 16.0. The van der Waals surface area contributed by atoms with Crippen LogP contribution in [0.25, 0.3) is 16.6 Å². The van der Waals surface area contributed by atoms with Crippen LogP contribution in [0.4, 0.5) is 0 Å². The number of allylic oxidation sites excluding steroid dienone is 3. The van der Waals surface area contributed by atoms with Crippen molar-refractivity contribution in [2.24, 2.45) is 16.8 Å². The minimum atomic E-state index is -0.682. The van der Waals surface area contributed by atoms with Gasteiger partial charge in [0.1, 0.15) is 5.84 Å². The molecule has 2 aromatic heterocycles. The first-order valence-electron chi connectivity index (χ1n) is 16.0. The zero-order valence-electron chi connectivity index (χ0n) is 26.0. The van der Waals surface area contributed by atoms with Crippen LogP contribution in [0.5, 0.6) is 0 Å². The van der Waals surface area contributed by atoms with E-state index in [1.165, 1.54) is 18.4 Å². The summed E-state index contributed by atoms with van der Waals surface area (Å²) in [6.07, 6.45) is 15.1. The number of carboxylic acids is 1. The van der Waals surface area contributed by atoms with Gasteiger partial charge >= 0.3 is 5.97 Å². The number of fused-ring (bicyclic) bond motifs is 1. The Morgan fingerprint density at radius 1 is 1.07 bits per heavy atom. The summed E-state index contributed by atoms with van der Waals surface area (Å²) in [6.45, 7) is 4.64. The number of hydrogen-bond donors (Lipinski definition) is 3. The largest absolute Gasteiger partial charge is 0.481 e. The van der Waals surface area contributed by atoms with E-state index >= 15 is 0 Å². The molecule has 3 aromatic rings. The van der Waals surface area contributed by atoms with Crippen LogP contribution in [-0.4, -0.2) is 49.9 Å². The molecule has 44 heavy (non-hydrogen) atoms. The number of hydrogen-bond acceptors (Lipinski definition) is 5. The highest BCUT2D eigenvalue weighted by Crippen LogP contribution is 2.40. The standard InChI is InChI=1S/C36H43N5O3/c1-22(24-12-13-24)34(29-10-7-11-32-30(29)20-41(40-32)21-33(42)26-8-5-4-6-9-26)39-35(37-3)28-18-19-31(38-23(28)2)25-14-16-27(17-15-25)36(43)44/h5,7-11,18-20,24-25,27,33,42H,4,6,12-17,21H2,1-3H3,(H,37,39)(H,43,44)/b34-22+. The molecule has 230 valence electrons. The molecule has 1 atom stereocenters. The van der Waals surface area contributed by atoms with Crippen molar-refractivity contribution in [3.05, 3.63) is 88.4 Å². The molecule has 2 fully saturated rings. The van der Waals surface area contributed by atoms with E-state index in [1.807, 2.05) is 36.0 Å². The number of aromatic nitrogens is 3. The molecule has 0 amide bonds. The molecule has 0 radical (unpaired) electrons. The van der Waals surface area contributed by atoms with Crippen molar-refractivity contribution in [1.82, 2.24) is 20.1 Å². The van der Waals surface area contributed by atoms with E-state index < -0.39 is 12.1 Å². The topological polar surface area (TPSA) is 113 Å². The van der Waals surface area contributed by atoms with Gasteiger partial charge in [-0.3, -0.25) is 19.5 Å². The van der Waals surface area contributed by atoms with Crippen molar-refractivity contribution < 1.29 is 15.0 Å². The van der Waals surface area contributed by atoms with Gasteiger partial charge in [0.25, 0.3) is 0 Å². The van der Waals surface area contributed by atoms with E-state index in [-0.39, 0.29) is 5.92 Å². The average Bonchev–Trinajstić information content (AvgIpc) is 3.81. The van der Waals surface area contributed by atoms with Crippen LogP contribution in [0.2, 0.25) is 0 Å². The number of pyridine rings is 1. The third kappa shape index (κ3) is 6.41. The summed E-state index contributed by atoms with van der Waals surface area (Å²) >= 11 is 0. The number of carbonyl (C=O) groups is 1. The second-order valence-electron chi connectivity index (χ2n) is 12.6. The lowest BCUT2D eigenvalue weighted by molar-refractivity contribution is -0.142. The number of rotatable bonds is 9. The summed E-state index contributed by atoms with van der Waals surface area (Å²) in [7, 11) is 1.81. The highest BCUT2D eigenvalue weighted by molar-refractivity contribution is 6.06. The smallest absolute Gasteiger partial charge is 0.306 e. The van der Waals surface area contributed by atoms with Crippen molar-refractivity contribution in [1.29, 1.82) is 0 Å². The number of aliphatic hydroxyl groups is 1. The van der Waals surface area contributed by atoms with Crippen molar-refractivity contribution in [2.75, 3.05) is 7.05 Å². The normalized spacial score (nSPS) is 22.0. The minimum absolute atomic E-state index is 0.234. The number of nitrogens with one attached hydrogen (secondary N) is 1. The Morgan fingerprint density at radius 2 is 1.84 bits per heavy atom. The molecule has 8 nitrogen and oxygen atoms in total. The van der Waals surface area contributed by atoms with Gasteiger partial charge in [-0.1, -0.05) is 30.4 Å². The first-order chi connectivity index (χ1) is 21.3. The van der Waals surface area contributed by atoms with Crippen molar-refractivity contribution in [3.63, 3.8) is 0 Å². The van der Waals surface area contributed by atoms with Crippen LogP contribution in [-0.2, 0) is 11.3 Å². The summed E-state index contributed by atoms with van der Waals surface area (Å²) in [4.78, 5) is 21.1. The molecule has 2 saturated carbocycles. The first kappa shape index (κ1) is 30.0. The van der Waals surface area contributed by atoms with Gasteiger partial charge in [-0.2, -0.15) is 5.10 Å². The van der Waals surface area contributed by atoms with Gasteiger partial charge in [0.2, 0.25) is 0 Å². The Balaban J connectivity index is 1.27. The lowest BCUT2D eigenvalue weighted by Gasteiger charge is -2.26. The molecule has 0 bridgehead atoms. The second-order valence-corrected chi connectivity index (χ2v) is 12.6. The molecule has 8 heteroatoms. The van der Waals surface area contributed by atoms with Gasteiger partial charge in [0.15, 0.2) is 0 Å². The number of aliphatic hydroxyl groups excluding tert-OH is 1. The fourth-order valence-electron chi connectivity index (χ4n) is 6.72. The maximum atomic E-state index is 11.4. The third-order valence-electron chi connectivity index (χ3n) is 9.54. The molecule has 3 aliphatic carbocycles. The number of aliphatic carboxylic acids is 1. The Hall–Kier alpha value is -4.04. The zero-order chi connectivity index (χ0) is 30.8. The van der Waals surface area contributed by atoms with E-state index in [2.05, 4.69) is 42.6 Å². The van der Waals surface area contributed by atoms with Crippen LogP contribution in [0.3, 0.4) is 0 Å². The Morgan fingerprint density at radius 3 is 2.50 bits per heavy atom. The van der Waals surface area contributed by atoms with Crippen molar-refractivity contribution in [2.45, 2.75) is 83.8 Å². The molecule has 1 unspecified atom stereocenters. The molecule has 3 aliphatic rings. The highest BCUT2D eigenvalue weighted by atomic mass is 16.4. The average molecular weight is 594 g/mol. The molecule has 2 heterocycles. The zero-order valence-corrected chi connectivity index (χ0v) is 26.0. The predicted molar refractivity (Wildman–Crippen MR) is 174 cm³/mol. The molecule has 0 spiro atoms. The fourth-order valence-corrected chi connectivity index (χ4v) is 6.72. The molecule has 1 aromatic carbocycles. The monoisotopic (exact) mass is 593 g/mol. The Bertz CT molecular complexity index is 1670. The molecule has 3 N–H and O–H groups in total. The summed E-state index contributed by atoms with van der Waals surface area (Å²) in [5.41, 5.74) is 8.17. The van der Waals surface area contributed by atoms with Crippen LogP contribution >= 0.6 is 0 Å².